The Morgan fingerprint density at radius 2 is 2.11 bits per heavy atom. The molecule has 2 aliphatic rings. The number of benzene rings is 1. The molecule has 1 aromatic heterocycles. The van der Waals surface area contributed by atoms with Crippen molar-refractivity contribution in [3.05, 3.63) is 52.4 Å². The average Bonchev–Trinajstić information content (AvgIpc) is 2.67. The minimum absolute atomic E-state index is 0.0107. The van der Waals surface area contributed by atoms with E-state index in [0.29, 0.717) is 24.2 Å². The maximum absolute atomic E-state index is 13.6. The summed E-state index contributed by atoms with van der Waals surface area (Å²) < 4.78 is 13.6. The fourth-order valence-electron chi connectivity index (χ4n) is 4.04. The third-order valence-electron chi connectivity index (χ3n) is 5.45. The van der Waals surface area contributed by atoms with Crippen molar-refractivity contribution >= 4 is 17.5 Å². The lowest BCUT2D eigenvalue weighted by Crippen LogP contribution is -2.36. The summed E-state index contributed by atoms with van der Waals surface area (Å²) in [7, 11) is 0. The Hall–Kier alpha value is -2.83. The molecule has 2 N–H and O–H groups in total. The van der Waals surface area contributed by atoms with Crippen molar-refractivity contribution in [3.63, 3.8) is 0 Å². The van der Waals surface area contributed by atoms with Gasteiger partial charge in [0.05, 0.1) is 5.92 Å². The summed E-state index contributed by atoms with van der Waals surface area (Å²) in [5.74, 6) is -0.910. The van der Waals surface area contributed by atoms with Crippen LogP contribution in [0, 0.1) is 12.7 Å². The Morgan fingerprint density at radius 1 is 1.29 bits per heavy atom. The van der Waals surface area contributed by atoms with Gasteiger partial charge in [0.2, 0.25) is 11.8 Å². The molecule has 2 aromatic rings. The monoisotopic (exact) mass is 382 g/mol. The highest BCUT2D eigenvalue weighted by Crippen LogP contribution is 2.32. The van der Waals surface area contributed by atoms with E-state index in [1.165, 1.54) is 30.2 Å². The van der Waals surface area contributed by atoms with E-state index >= 15 is 0 Å². The maximum atomic E-state index is 13.6. The van der Waals surface area contributed by atoms with Crippen LogP contribution in [0.15, 0.2) is 18.2 Å². The number of nitrogens with zero attached hydrogens (tertiary/aromatic N) is 2. The summed E-state index contributed by atoms with van der Waals surface area (Å²) >= 11 is 0. The van der Waals surface area contributed by atoms with Crippen LogP contribution in [0.2, 0.25) is 0 Å². The van der Waals surface area contributed by atoms with Crippen molar-refractivity contribution in [2.45, 2.75) is 51.4 Å². The molecule has 1 aromatic carbocycles. The first kappa shape index (κ1) is 18.5. The van der Waals surface area contributed by atoms with Crippen LogP contribution in [-0.4, -0.2) is 28.3 Å². The molecule has 4 rings (SSSR count). The van der Waals surface area contributed by atoms with Crippen LogP contribution in [0.1, 0.15) is 53.5 Å². The second kappa shape index (κ2) is 7.66. The topological polar surface area (TPSA) is 84.0 Å². The highest BCUT2D eigenvalue weighted by molar-refractivity contribution is 6.01. The van der Waals surface area contributed by atoms with Gasteiger partial charge < -0.3 is 10.6 Å². The summed E-state index contributed by atoms with van der Waals surface area (Å²) in [5, 5.41) is 5.54. The van der Waals surface area contributed by atoms with Crippen molar-refractivity contribution in [3.8, 4) is 0 Å². The van der Waals surface area contributed by atoms with E-state index < -0.39 is 11.7 Å². The van der Waals surface area contributed by atoms with Crippen molar-refractivity contribution in [1.82, 2.24) is 15.3 Å². The van der Waals surface area contributed by atoms with Crippen molar-refractivity contribution in [2.75, 3.05) is 11.9 Å². The largest absolute Gasteiger partial charge is 0.355 e. The van der Waals surface area contributed by atoms with Gasteiger partial charge in [-0.05, 0) is 61.9 Å². The van der Waals surface area contributed by atoms with Gasteiger partial charge in [-0.2, -0.15) is 0 Å². The van der Waals surface area contributed by atoms with Crippen LogP contribution in [0.4, 0.5) is 10.1 Å². The number of aryl methyl sites for hydroxylation is 2. The Morgan fingerprint density at radius 3 is 2.96 bits per heavy atom. The molecule has 2 heterocycles. The molecule has 2 amide bonds. The first-order valence-electron chi connectivity index (χ1n) is 9.73. The first-order valence-corrected chi connectivity index (χ1v) is 9.73. The molecule has 0 fully saturated rings. The van der Waals surface area contributed by atoms with Crippen LogP contribution in [-0.2, 0) is 28.9 Å². The summed E-state index contributed by atoms with van der Waals surface area (Å²) in [6, 6.07) is 4.08. The van der Waals surface area contributed by atoms with E-state index in [4.69, 9.17) is 0 Å². The molecule has 1 atom stereocenters. The van der Waals surface area contributed by atoms with Gasteiger partial charge in [0.25, 0.3) is 0 Å². The Labute approximate surface area is 163 Å². The van der Waals surface area contributed by atoms with E-state index in [1.54, 1.807) is 0 Å². The smallest absolute Gasteiger partial charge is 0.228 e. The van der Waals surface area contributed by atoms with Crippen LogP contribution >= 0.6 is 0 Å². The molecular formula is C21H23FN4O2. The van der Waals surface area contributed by atoms with E-state index in [-0.39, 0.29) is 18.2 Å². The molecule has 0 bridgehead atoms. The summed E-state index contributed by atoms with van der Waals surface area (Å²) in [6.07, 6.45) is 4.89. The van der Waals surface area contributed by atoms with E-state index in [0.717, 1.165) is 36.5 Å². The Balaban J connectivity index is 1.42. The number of amides is 2. The number of nitrogens with one attached hydrogen (secondary N) is 2. The number of rotatable bonds is 4. The Kier molecular flexibility index (Phi) is 5.07. The third-order valence-corrected chi connectivity index (χ3v) is 5.45. The molecular weight excluding hydrogens is 359 g/mol. The van der Waals surface area contributed by atoms with Gasteiger partial charge in [0.1, 0.15) is 11.6 Å². The highest BCUT2D eigenvalue weighted by atomic mass is 19.1. The van der Waals surface area contributed by atoms with Crippen molar-refractivity contribution in [1.29, 1.82) is 0 Å². The second-order valence-electron chi connectivity index (χ2n) is 7.44. The van der Waals surface area contributed by atoms with Gasteiger partial charge in [-0.25, -0.2) is 14.4 Å². The summed E-state index contributed by atoms with van der Waals surface area (Å²) in [5.41, 5.74) is 4.43. The maximum Gasteiger partial charge on any atom is 0.228 e. The number of hydrogen-bond donors (Lipinski definition) is 2. The van der Waals surface area contributed by atoms with Crippen LogP contribution in [0.5, 0.6) is 0 Å². The summed E-state index contributed by atoms with van der Waals surface area (Å²) in [6.45, 7) is 2.39. The molecule has 6 nitrogen and oxygen atoms in total. The van der Waals surface area contributed by atoms with Gasteiger partial charge >= 0.3 is 0 Å². The molecule has 0 spiro atoms. The molecule has 28 heavy (non-hydrogen) atoms. The third kappa shape index (κ3) is 3.74. The number of carbonyl (C=O) groups is 2. The average molecular weight is 382 g/mol. The van der Waals surface area contributed by atoms with E-state index in [2.05, 4.69) is 20.6 Å². The number of fused-ring (bicyclic) bond motifs is 2. The minimum atomic E-state index is -0.689. The number of hydrogen-bond acceptors (Lipinski definition) is 4. The summed E-state index contributed by atoms with van der Waals surface area (Å²) in [4.78, 5) is 33.8. The zero-order chi connectivity index (χ0) is 19.7. The zero-order valence-electron chi connectivity index (χ0n) is 15.8. The van der Waals surface area contributed by atoms with Crippen LogP contribution in [0.3, 0.4) is 0 Å². The lowest BCUT2D eigenvalue weighted by molar-refractivity contribution is -0.126. The van der Waals surface area contributed by atoms with Gasteiger partial charge in [0.15, 0.2) is 0 Å². The first-order chi connectivity index (χ1) is 13.5. The second-order valence-corrected chi connectivity index (χ2v) is 7.44. The number of carbonyl (C=O) groups excluding carboxylic acids is 2. The van der Waals surface area contributed by atoms with Crippen LogP contribution < -0.4 is 10.6 Å². The molecule has 0 saturated heterocycles. The molecule has 0 unspecified atom stereocenters. The van der Waals surface area contributed by atoms with Crippen molar-refractivity contribution < 1.29 is 14.0 Å². The normalized spacial score (nSPS) is 18.1. The molecule has 1 aliphatic heterocycles. The fourth-order valence-corrected chi connectivity index (χ4v) is 4.04. The Bertz CT molecular complexity index is 944. The number of halogens is 1. The van der Waals surface area contributed by atoms with Gasteiger partial charge in [0, 0.05) is 36.5 Å². The highest BCUT2D eigenvalue weighted by Gasteiger charge is 2.31. The lowest BCUT2D eigenvalue weighted by atomic mass is 9.89. The molecule has 0 radical (unpaired) electrons. The standard InChI is InChI=1S/C21H23FN4O2/c1-12-14-4-2-3-5-17(14)25-19(24-12)8-9-23-21(28)16-11-20(27)26-18-7-6-13(22)10-15(16)18/h6-7,10,16H,2-5,8-9,11H2,1H3,(H,23,28)(H,26,27)/t16-/m0/s1. The minimum Gasteiger partial charge on any atom is -0.355 e. The molecule has 0 saturated carbocycles. The number of anilines is 1. The van der Waals surface area contributed by atoms with E-state index in [9.17, 15) is 14.0 Å². The van der Waals surface area contributed by atoms with Gasteiger partial charge in [-0.3, -0.25) is 9.59 Å². The van der Waals surface area contributed by atoms with Crippen LogP contribution in [0.25, 0.3) is 0 Å². The van der Waals surface area contributed by atoms with Gasteiger partial charge in [-0.1, -0.05) is 0 Å². The predicted molar refractivity (Wildman–Crippen MR) is 103 cm³/mol. The molecule has 7 heteroatoms. The van der Waals surface area contributed by atoms with Gasteiger partial charge in [-0.15, -0.1) is 0 Å². The van der Waals surface area contributed by atoms with Crippen molar-refractivity contribution in [2.24, 2.45) is 0 Å². The lowest BCUT2D eigenvalue weighted by Gasteiger charge is -2.25. The molecule has 1 aliphatic carbocycles. The SMILES string of the molecule is Cc1nc(CCNC(=O)[C@H]2CC(=O)Nc3ccc(F)cc32)nc2c1CCCC2. The number of aromatic nitrogens is 2. The fraction of sp³-hybridized carbons (Fsp3) is 0.429. The van der Waals surface area contributed by atoms with E-state index in [1.807, 2.05) is 6.92 Å². The zero-order valence-corrected chi connectivity index (χ0v) is 15.8. The quantitative estimate of drug-likeness (QED) is 0.851. The predicted octanol–water partition coefficient (Wildman–Crippen LogP) is 2.59. The molecule has 146 valence electrons.